The minimum atomic E-state index is -0.145. The molecule has 2 aliphatic rings. The highest BCUT2D eigenvalue weighted by atomic mass is 16.5. The van der Waals surface area contributed by atoms with Crippen LogP contribution in [0.5, 0.6) is 5.75 Å². The van der Waals surface area contributed by atoms with Crippen LogP contribution in [-0.2, 0) is 6.42 Å². The number of anilines is 2. The summed E-state index contributed by atoms with van der Waals surface area (Å²) in [7, 11) is 1.58. The van der Waals surface area contributed by atoms with E-state index in [0.717, 1.165) is 24.9 Å². The zero-order valence-electron chi connectivity index (χ0n) is 17.5. The van der Waals surface area contributed by atoms with Crippen LogP contribution in [0.4, 0.5) is 21.0 Å². The monoisotopic (exact) mass is 408 g/mol. The van der Waals surface area contributed by atoms with Gasteiger partial charge >= 0.3 is 12.1 Å². The molecule has 7 nitrogen and oxygen atoms in total. The Balaban J connectivity index is 1.29. The molecule has 4 amide bonds. The highest BCUT2D eigenvalue weighted by Crippen LogP contribution is 2.29. The Labute approximate surface area is 177 Å². The Hall–Kier alpha value is -3.22. The summed E-state index contributed by atoms with van der Waals surface area (Å²) in [6, 6.07) is 13.5. The number of nitrogens with one attached hydrogen (secondary N) is 2. The van der Waals surface area contributed by atoms with E-state index in [1.54, 1.807) is 12.0 Å². The molecule has 0 aliphatic carbocycles. The molecule has 0 spiro atoms. The smallest absolute Gasteiger partial charge is 0.322 e. The van der Waals surface area contributed by atoms with Gasteiger partial charge in [0, 0.05) is 31.4 Å². The number of piperidine rings is 1. The van der Waals surface area contributed by atoms with Crippen molar-refractivity contribution in [1.29, 1.82) is 0 Å². The molecule has 2 aliphatic heterocycles. The average Bonchev–Trinajstić information content (AvgIpc) is 3.17. The maximum absolute atomic E-state index is 12.8. The molecule has 2 aromatic rings. The van der Waals surface area contributed by atoms with Crippen molar-refractivity contribution in [3.8, 4) is 5.75 Å². The summed E-state index contributed by atoms with van der Waals surface area (Å²) in [4.78, 5) is 29.0. The second-order valence-corrected chi connectivity index (χ2v) is 7.88. The number of aryl methyl sites for hydroxylation is 1. The van der Waals surface area contributed by atoms with Gasteiger partial charge in [-0.15, -0.1) is 0 Å². The molecule has 7 heteroatoms. The van der Waals surface area contributed by atoms with Gasteiger partial charge in [0.2, 0.25) is 0 Å². The predicted octanol–water partition coefficient (Wildman–Crippen LogP) is 3.77. The summed E-state index contributed by atoms with van der Waals surface area (Å²) >= 11 is 0. The summed E-state index contributed by atoms with van der Waals surface area (Å²) < 4.78 is 5.29. The van der Waals surface area contributed by atoms with Gasteiger partial charge in [-0.2, -0.15) is 0 Å². The van der Waals surface area contributed by atoms with Crippen molar-refractivity contribution in [2.75, 3.05) is 37.0 Å². The minimum Gasteiger partial charge on any atom is -0.495 e. The van der Waals surface area contributed by atoms with Gasteiger partial charge in [0.05, 0.1) is 12.8 Å². The molecule has 1 fully saturated rings. The van der Waals surface area contributed by atoms with E-state index in [2.05, 4.69) is 23.6 Å². The third-order valence-electron chi connectivity index (χ3n) is 5.83. The average molecular weight is 409 g/mol. The van der Waals surface area contributed by atoms with E-state index < -0.39 is 0 Å². The van der Waals surface area contributed by atoms with E-state index in [0.29, 0.717) is 31.1 Å². The van der Waals surface area contributed by atoms with Crippen molar-refractivity contribution in [2.45, 2.75) is 32.2 Å². The van der Waals surface area contributed by atoms with Gasteiger partial charge in [-0.1, -0.05) is 29.8 Å². The third kappa shape index (κ3) is 4.20. The number of benzene rings is 2. The van der Waals surface area contributed by atoms with Gasteiger partial charge in [0.25, 0.3) is 0 Å². The summed E-state index contributed by atoms with van der Waals surface area (Å²) in [5.74, 6) is 0.633. The van der Waals surface area contributed by atoms with E-state index in [4.69, 9.17) is 4.74 Å². The second kappa shape index (κ2) is 8.65. The zero-order chi connectivity index (χ0) is 21.1. The van der Waals surface area contributed by atoms with Gasteiger partial charge in [0.1, 0.15) is 5.75 Å². The largest absolute Gasteiger partial charge is 0.495 e. The van der Waals surface area contributed by atoms with Crippen molar-refractivity contribution < 1.29 is 14.3 Å². The molecule has 0 atom stereocenters. The molecule has 0 radical (unpaired) electrons. The van der Waals surface area contributed by atoms with Crippen LogP contribution in [-0.4, -0.2) is 49.7 Å². The molecule has 2 aromatic carbocycles. The Morgan fingerprint density at radius 1 is 1.03 bits per heavy atom. The quantitative estimate of drug-likeness (QED) is 0.812. The number of rotatable bonds is 3. The lowest BCUT2D eigenvalue weighted by Crippen LogP contribution is -2.50. The maximum Gasteiger partial charge on any atom is 0.322 e. The lowest BCUT2D eigenvalue weighted by molar-refractivity contribution is 0.188. The normalized spacial score (nSPS) is 16.2. The molecule has 158 valence electrons. The fraction of sp³-hybridized carbons (Fsp3) is 0.391. The highest BCUT2D eigenvalue weighted by Gasteiger charge is 2.29. The Kier molecular flexibility index (Phi) is 5.79. The van der Waals surface area contributed by atoms with Crippen molar-refractivity contribution in [3.63, 3.8) is 0 Å². The number of hydrogen-bond donors (Lipinski definition) is 2. The number of amides is 4. The number of fused-ring (bicyclic) bond motifs is 1. The number of carbonyl (C=O) groups is 2. The zero-order valence-corrected chi connectivity index (χ0v) is 17.5. The van der Waals surface area contributed by atoms with Gasteiger partial charge in [-0.25, -0.2) is 9.59 Å². The first kappa shape index (κ1) is 20.1. The summed E-state index contributed by atoms with van der Waals surface area (Å²) in [6.45, 7) is 3.98. The standard InChI is InChI=1S/C23H28N4O3/c1-16-7-8-20-17(15-16)9-14-27(20)23(29)24-18-10-12-26(13-11-18)22(28)25-19-5-3-4-6-21(19)30-2/h3-8,15,18H,9-14H2,1-2H3,(H,24,29)(H,25,28). The molecular formula is C23H28N4O3. The molecule has 30 heavy (non-hydrogen) atoms. The first-order chi connectivity index (χ1) is 14.5. The van der Waals surface area contributed by atoms with Crippen LogP contribution in [0.3, 0.4) is 0 Å². The van der Waals surface area contributed by atoms with E-state index in [9.17, 15) is 9.59 Å². The topological polar surface area (TPSA) is 73.9 Å². The molecule has 4 rings (SSSR count). The van der Waals surface area contributed by atoms with Crippen molar-refractivity contribution in [1.82, 2.24) is 10.2 Å². The summed E-state index contributed by atoms with van der Waals surface area (Å²) in [5, 5.41) is 6.07. The van der Waals surface area contributed by atoms with Gasteiger partial charge < -0.3 is 20.3 Å². The summed E-state index contributed by atoms with van der Waals surface area (Å²) in [5.41, 5.74) is 4.11. The van der Waals surface area contributed by atoms with Crippen LogP contribution < -0.4 is 20.3 Å². The van der Waals surface area contributed by atoms with Crippen molar-refractivity contribution in [3.05, 3.63) is 53.6 Å². The SMILES string of the molecule is COc1ccccc1NC(=O)N1CCC(NC(=O)N2CCc3cc(C)ccc32)CC1. The fourth-order valence-electron chi connectivity index (χ4n) is 4.16. The third-order valence-corrected chi connectivity index (χ3v) is 5.83. The molecule has 0 saturated carbocycles. The van der Waals surface area contributed by atoms with Crippen LogP contribution in [0, 0.1) is 6.92 Å². The molecule has 2 heterocycles. The van der Waals surface area contributed by atoms with E-state index >= 15 is 0 Å². The van der Waals surface area contributed by atoms with Crippen molar-refractivity contribution in [2.24, 2.45) is 0 Å². The van der Waals surface area contributed by atoms with E-state index in [1.165, 1.54) is 11.1 Å². The van der Waals surface area contributed by atoms with Crippen LogP contribution in [0.15, 0.2) is 42.5 Å². The van der Waals surface area contributed by atoms with Gasteiger partial charge in [-0.05, 0) is 49.9 Å². The highest BCUT2D eigenvalue weighted by molar-refractivity contribution is 5.94. The number of ether oxygens (including phenoxy) is 1. The minimum absolute atomic E-state index is 0.0467. The van der Waals surface area contributed by atoms with Crippen LogP contribution >= 0.6 is 0 Å². The fourth-order valence-corrected chi connectivity index (χ4v) is 4.16. The Morgan fingerprint density at radius 2 is 1.80 bits per heavy atom. The number of methoxy groups -OCH3 is 1. The lowest BCUT2D eigenvalue weighted by Gasteiger charge is -2.33. The Bertz CT molecular complexity index is 938. The molecular weight excluding hydrogens is 380 g/mol. The number of carbonyl (C=O) groups excluding carboxylic acids is 2. The van der Waals surface area contributed by atoms with E-state index in [1.807, 2.05) is 41.3 Å². The number of urea groups is 2. The molecule has 0 bridgehead atoms. The van der Waals surface area contributed by atoms with Crippen LogP contribution in [0.2, 0.25) is 0 Å². The first-order valence-corrected chi connectivity index (χ1v) is 10.4. The van der Waals surface area contributed by atoms with Crippen LogP contribution in [0.1, 0.15) is 24.0 Å². The Morgan fingerprint density at radius 3 is 2.57 bits per heavy atom. The number of hydrogen-bond acceptors (Lipinski definition) is 3. The summed E-state index contributed by atoms with van der Waals surface area (Å²) in [6.07, 6.45) is 2.37. The van der Waals surface area contributed by atoms with Crippen molar-refractivity contribution >= 4 is 23.4 Å². The molecule has 2 N–H and O–H groups in total. The number of nitrogens with zero attached hydrogens (tertiary/aromatic N) is 2. The lowest BCUT2D eigenvalue weighted by atomic mass is 10.1. The maximum atomic E-state index is 12.8. The van der Waals surface area contributed by atoms with Crippen LogP contribution in [0.25, 0.3) is 0 Å². The molecule has 0 unspecified atom stereocenters. The van der Waals surface area contributed by atoms with E-state index in [-0.39, 0.29) is 18.1 Å². The second-order valence-electron chi connectivity index (χ2n) is 7.88. The predicted molar refractivity (Wildman–Crippen MR) is 117 cm³/mol. The van der Waals surface area contributed by atoms with Gasteiger partial charge in [0.15, 0.2) is 0 Å². The molecule has 1 saturated heterocycles. The first-order valence-electron chi connectivity index (χ1n) is 10.4. The number of likely N-dealkylation sites (tertiary alicyclic amines) is 1. The number of para-hydroxylation sites is 2. The van der Waals surface area contributed by atoms with Gasteiger partial charge in [-0.3, -0.25) is 4.90 Å². The molecule has 0 aromatic heterocycles.